The second kappa shape index (κ2) is 11.4. The second-order valence-corrected chi connectivity index (χ2v) is 8.89. The first-order chi connectivity index (χ1) is 17.0. The molecule has 1 atom stereocenters. The number of amides is 2. The van der Waals surface area contributed by atoms with Gasteiger partial charge in [-0.05, 0) is 68.5 Å². The molecule has 8 nitrogen and oxygen atoms in total. The third-order valence-electron chi connectivity index (χ3n) is 5.90. The van der Waals surface area contributed by atoms with Crippen LogP contribution in [0.2, 0.25) is 0 Å². The summed E-state index contributed by atoms with van der Waals surface area (Å²) in [6.45, 7) is 5.62. The maximum atomic E-state index is 13.1. The smallest absolute Gasteiger partial charge is 0.322 e. The number of benzene rings is 2. The van der Waals surface area contributed by atoms with E-state index in [4.69, 9.17) is 19.0 Å². The van der Waals surface area contributed by atoms with Crippen molar-refractivity contribution in [3.63, 3.8) is 0 Å². The van der Waals surface area contributed by atoms with E-state index in [9.17, 15) is 4.79 Å². The minimum Gasteiger partial charge on any atom is -0.497 e. The SMILES string of the molecule is CCOCCCN1C(=O)NC(c2cccc(OC)c2)C(c2nc(-c3ccc(SC)cc3)no2)=C1C. The molecule has 1 aliphatic heterocycles. The summed E-state index contributed by atoms with van der Waals surface area (Å²) >= 11 is 1.68. The number of carbonyl (C=O) groups is 1. The summed E-state index contributed by atoms with van der Waals surface area (Å²) in [5.41, 5.74) is 3.26. The molecule has 0 spiro atoms. The minimum atomic E-state index is -0.465. The summed E-state index contributed by atoms with van der Waals surface area (Å²) in [7, 11) is 1.62. The Morgan fingerprint density at radius 3 is 2.71 bits per heavy atom. The van der Waals surface area contributed by atoms with Crippen LogP contribution in [0.15, 0.2) is 63.6 Å². The molecule has 0 saturated carbocycles. The zero-order valence-corrected chi connectivity index (χ0v) is 21.2. The van der Waals surface area contributed by atoms with E-state index in [-0.39, 0.29) is 6.03 Å². The lowest BCUT2D eigenvalue weighted by Crippen LogP contribution is -2.46. The van der Waals surface area contributed by atoms with Crippen molar-refractivity contribution in [3.05, 3.63) is 65.7 Å². The highest BCUT2D eigenvalue weighted by Gasteiger charge is 2.35. The lowest BCUT2D eigenvalue weighted by molar-refractivity contribution is 0.136. The van der Waals surface area contributed by atoms with Crippen LogP contribution < -0.4 is 10.1 Å². The fourth-order valence-electron chi connectivity index (χ4n) is 4.06. The molecule has 0 fully saturated rings. The number of hydrogen-bond acceptors (Lipinski definition) is 7. The summed E-state index contributed by atoms with van der Waals surface area (Å²) in [4.78, 5) is 20.7. The highest BCUT2D eigenvalue weighted by atomic mass is 32.2. The average molecular weight is 495 g/mol. The Labute approximate surface area is 209 Å². The molecule has 0 radical (unpaired) electrons. The Balaban J connectivity index is 1.73. The van der Waals surface area contributed by atoms with Gasteiger partial charge in [0.2, 0.25) is 5.82 Å². The fraction of sp³-hybridized carbons (Fsp3) is 0.346. The Bertz CT molecular complexity index is 1190. The molecular formula is C26H30N4O4S. The molecule has 0 aliphatic carbocycles. The monoisotopic (exact) mass is 494 g/mol. The van der Waals surface area contributed by atoms with Crippen molar-refractivity contribution < 1.29 is 18.8 Å². The summed E-state index contributed by atoms with van der Waals surface area (Å²) in [5.74, 6) is 1.57. The van der Waals surface area contributed by atoms with E-state index in [1.807, 2.05) is 68.6 Å². The maximum Gasteiger partial charge on any atom is 0.322 e. The van der Waals surface area contributed by atoms with E-state index >= 15 is 0 Å². The third-order valence-corrected chi connectivity index (χ3v) is 6.65. The largest absolute Gasteiger partial charge is 0.497 e. The van der Waals surface area contributed by atoms with Gasteiger partial charge >= 0.3 is 6.03 Å². The molecule has 4 rings (SSSR count). The zero-order valence-electron chi connectivity index (χ0n) is 20.4. The van der Waals surface area contributed by atoms with Crippen LogP contribution in [-0.2, 0) is 4.74 Å². The van der Waals surface area contributed by atoms with Crippen molar-refractivity contribution in [2.24, 2.45) is 0 Å². The second-order valence-electron chi connectivity index (χ2n) is 8.01. The van der Waals surface area contributed by atoms with Gasteiger partial charge in [0, 0.05) is 35.9 Å². The highest BCUT2D eigenvalue weighted by Crippen LogP contribution is 2.38. The van der Waals surface area contributed by atoms with Gasteiger partial charge in [0.15, 0.2) is 0 Å². The van der Waals surface area contributed by atoms with Crippen LogP contribution in [0.1, 0.15) is 37.8 Å². The first kappa shape index (κ1) is 24.8. The van der Waals surface area contributed by atoms with Crippen molar-refractivity contribution in [1.82, 2.24) is 20.4 Å². The van der Waals surface area contributed by atoms with Crippen LogP contribution in [0, 0.1) is 0 Å². The quantitative estimate of drug-likeness (QED) is 0.298. The van der Waals surface area contributed by atoms with Crippen LogP contribution in [0.5, 0.6) is 5.75 Å². The first-order valence-electron chi connectivity index (χ1n) is 11.5. The summed E-state index contributed by atoms with van der Waals surface area (Å²) in [6, 6.07) is 15.0. The topological polar surface area (TPSA) is 89.7 Å². The van der Waals surface area contributed by atoms with Gasteiger partial charge in [-0.1, -0.05) is 17.3 Å². The predicted molar refractivity (Wildman–Crippen MR) is 136 cm³/mol. The van der Waals surface area contributed by atoms with Crippen molar-refractivity contribution in [2.45, 2.75) is 31.2 Å². The lowest BCUT2D eigenvalue weighted by atomic mass is 9.94. The number of rotatable bonds is 10. The Hall–Kier alpha value is -3.30. The Morgan fingerprint density at radius 2 is 2.00 bits per heavy atom. The molecule has 1 aromatic heterocycles. The van der Waals surface area contributed by atoms with E-state index in [0.717, 1.165) is 27.3 Å². The summed E-state index contributed by atoms with van der Waals surface area (Å²) in [6.07, 6.45) is 2.75. The van der Waals surface area contributed by atoms with Crippen LogP contribution in [0.3, 0.4) is 0 Å². The van der Waals surface area contributed by atoms with Gasteiger partial charge in [0.05, 0.1) is 18.7 Å². The standard InChI is InChI=1S/C26H30N4O4S/c1-5-33-15-7-14-30-17(2)22(23(27-26(30)31)19-8-6-9-20(16-19)32-3)25-28-24(29-34-25)18-10-12-21(35-4)13-11-18/h6,8-13,16,23H,5,7,14-15H2,1-4H3,(H,27,31). The number of nitrogens with zero attached hydrogens (tertiary/aromatic N) is 3. The molecule has 1 aliphatic rings. The molecule has 1 unspecified atom stereocenters. The fourth-order valence-corrected chi connectivity index (χ4v) is 4.47. The first-order valence-corrected chi connectivity index (χ1v) is 12.8. The Morgan fingerprint density at radius 1 is 1.20 bits per heavy atom. The highest BCUT2D eigenvalue weighted by molar-refractivity contribution is 7.98. The number of aromatic nitrogens is 2. The number of carbonyl (C=O) groups excluding carboxylic acids is 1. The molecular weight excluding hydrogens is 464 g/mol. The molecule has 35 heavy (non-hydrogen) atoms. The number of ether oxygens (including phenoxy) is 2. The van der Waals surface area contributed by atoms with Gasteiger partial charge in [0.1, 0.15) is 5.75 Å². The zero-order chi connectivity index (χ0) is 24.8. The molecule has 0 saturated heterocycles. The van der Waals surface area contributed by atoms with E-state index in [1.165, 1.54) is 0 Å². The molecule has 0 bridgehead atoms. The summed E-state index contributed by atoms with van der Waals surface area (Å²) < 4.78 is 16.6. The van der Waals surface area contributed by atoms with E-state index in [1.54, 1.807) is 23.8 Å². The number of hydrogen-bond donors (Lipinski definition) is 1. The van der Waals surface area contributed by atoms with Crippen LogP contribution >= 0.6 is 11.8 Å². The number of urea groups is 1. The molecule has 3 aromatic rings. The van der Waals surface area contributed by atoms with Crippen molar-refractivity contribution in [1.29, 1.82) is 0 Å². The Kier molecular flexibility index (Phi) is 8.09. The van der Waals surface area contributed by atoms with Crippen LogP contribution in [0.25, 0.3) is 17.0 Å². The molecule has 2 aromatic carbocycles. The number of methoxy groups -OCH3 is 1. The van der Waals surface area contributed by atoms with E-state index < -0.39 is 6.04 Å². The third kappa shape index (κ3) is 5.52. The van der Waals surface area contributed by atoms with Gasteiger partial charge in [-0.2, -0.15) is 4.98 Å². The molecule has 2 amide bonds. The minimum absolute atomic E-state index is 0.178. The summed E-state index contributed by atoms with van der Waals surface area (Å²) in [5, 5.41) is 7.36. The van der Waals surface area contributed by atoms with Gasteiger partial charge < -0.3 is 19.3 Å². The predicted octanol–water partition coefficient (Wildman–Crippen LogP) is 5.39. The van der Waals surface area contributed by atoms with Gasteiger partial charge in [-0.25, -0.2) is 4.79 Å². The van der Waals surface area contributed by atoms with Crippen LogP contribution in [-0.4, -0.2) is 54.2 Å². The van der Waals surface area contributed by atoms with Gasteiger partial charge in [-0.3, -0.25) is 4.90 Å². The normalized spacial score (nSPS) is 15.9. The number of nitrogens with one attached hydrogen (secondary N) is 1. The van der Waals surface area contributed by atoms with Gasteiger partial charge in [-0.15, -0.1) is 11.8 Å². The molecule has 2 heterocycles. The van der Waals surface area contributed by atoms with E-state index in [0.29, 0.717) is 43.6 Å². The lowest BCUT2D eigenvalue weighted by Gasteiger charge is -2.35. The van der Waals surface area contributed by atoms with Crippen molar-refractivity contribution in [2.75, 3.05) is 33.1 Å². The van der Waals surface area contributed by atoms with Crippen molar-refractivity contribution in [3.8, 4) is 17.1 Å². The van der Waals surface area contributed by atoms with Gasteiger partial charge in [0.25, 0.3) is 5.89 Å². The molecule has 184 valence electrons. The number of thioether (sulfide) groups is 1. The molecule has 1 N–H and O–H groups in total. The maximum absolute atomic E-state index is 13.1. The van der Waals surface area contributed by atoms with E-state index in [2.05, 4.69) is 10.5 Å². The number of allylic oxidation sites excluding steroid dienone is 1. The average Bonchev–Trinajstić information content (AvgIpc) is 3.37. The molecule has 9 heteroatoms. The van der Waals surface area contributed by atoms with Crippen LogP contribution in [0.4, 0.5) is 4.79 Å². The van der Waals surface area contributed by atoms with Crippen molar-refractivity contribution >= 4 is 23.4 Å².